The van der Waals surface area contributed by atoms with E-state index in [-0.39, 0.29) is 11.5 Å². The summed E-state index contributed by atoms with van der Waals surface area (Å²) in [4.78, 5) is 24.9. The van der Waals surface area contributed by atoms with E-state index in [1.807, 2.05) is 6.92 Å². The minimum atomic E-state index is -0.954. The molecule has 0 aliphatic carbocycles. The van der Waals surface area contributed by atoms with E-state index in [0.29, 0.717) is 19.4 Å². The highest BCUT2D eigenvalue weighted by Crippen LogP contribution is 2.30. The number of carbonyl (C=O) groups excluding carboxylic acids is 1. The molecule has 1 unspecified atom stereocenters. The third-order valence-corrected chi connectivity index (χ3v) is 3.69. The van der Waals surface area contributed by atoms with Crippen molar-refractivity contribution in [3.05, 3.63) is 29.3 Å². The first-order valence-corrected chi connectivity index (χ1v) is 6.34. The maximum absolute atomic E-state index is 12.4. The number of nitrogens with two attached hydrogens (primary N) is 1. The van der Waals surface area contributed by atoms with Crippen LogP contribution in [0, 0.1) is 0 Å². The number of fused-ring (bicyclic) bond motifs is 1. The average Bonchev–Trinajstić information content (AvgIpc) is 2.80. The molecule has 0 aromatic heterocycles. The molecule has 102 valence electrons. The van der Waals surface area contributed by atoms with E-state index in [2.05, 4.69) is 0 Å². The number of hydrogen-bond acceptors (Lipinski definition) is 3. The number of nitrogens with zero attached hydrogens (tertiary/aromatic N) is 1. The molecule has 1 heterocycles. The summed E-state index contributed by atoms with van der Waals surface area (Å²) in [6.45, 7) is 4.16. The van der Waals surface area contributed by atoms with Crippen molar-refractivity contribution in [2.75, 3.05) is 11.4 Å². The molecule has 1 aromatic rings. The fourth-order valence-corrected chi connectivity index (χ4v) is 2.21. The topological polar surface area (TPSA) is 83.6 Å². The van der Waals surface area contributed by atoms with Crippen molar-refractivity contribution in [3.63, 3.8) is 0 Å². The van der Waals surface area contributed by atoms with Crippen LogP contribution < -0.4 is 10.6 Å². The number of hydrogen-bond donors (Lipinski definition) is 2. The Hall–Kier alpha value is -1.88. The monoisotopic (exact) mass is 262 g/mol. The summed E-state index contributed by atoms with van der Waals surface area (Å²) in [6.07, 6.45) is 1.23. The van der Waals surface area contributed by atoms with Gasteiger partial charge in [0.25, 0.3) is 0 Å². The predicted octanol–water partition coefficient (Wildman–Crippen LogP) is 1.40. The van der Waals surface area contributed by atoms with E-state index >= 15 is 0 Å². The molecule has 1 aliphatic heterocycles. The summed E-state index contributed by atoms with van der Waals surface area (Å²) in [5, 5.41) is 8.96. The van der Waals surface area contributed by atoms with Gasteiger partial charge in [-0.2, -0.15) is 0 Å². The van der Waals surface area contributed by atoms with Crippen LogP contribution >= 0.6 is 0 Å². The summed E-state index contributed by atoms with van der Waals surface area (Å²) in [5.74, 6) is -1.07. The van der Waals surface area contributed by atoms with Crippen LogP contribution in [0.2, 0.25) is 0 Å². The van der Waals surface area contributed by atoms with Gasteiger partial charge in [0.15, 0.2) is 0 Å². The van der Waals surface area contributed by atoms with Gasteiger partial charge in [-0.05, 0) is 43.5 Å². The molecule has 1 aliphatic rings. The van der Waals surface area contributed by atoms with Crippen molar-refractivity contribution < 1.29 is 14.7 Å². The lowest BCUT2D eigenvalue weighted by atomic mass is 9.98. The number of anilines is 1. The number of benzene rings is 1. The lowest BCUT2D eigenvalue weighted by molar-refractivity contribution is -0.123. The molecular weight excluding hydrogens is 244 g/mol. The SMILES string of the molecule is CCC(C)(N)C(=O)N1CCc2cc(C(=O)O)ccc21. The first-order valence-electron chi connectivity index (χ1n) is 6.34. The standard InChI is InChI=1S/C14H18N2O3/c1-3-14(2,15)13(19)16-7-6-9-8-10(12(17)18)4-5-11(9)16/h4-5,8H,3,6-7,15H2,1-2H3,(H,17,18). The van der Waals surface area contributed by atoms with Crippen LogP contribution in [0.15, 0.2) is 18.2 Å². The Labute approximate surface area is 112 Å². The highest BCUT2D eigenvalue weighted by molar-refractivity contribution is 6.02. The number of carbonyl (C=O) groups is 2. The zero-order chi connectivity index (χ0) is 14.2. The normalized spacial score (nSPS) is 16.9. The van der Waals surface area contributed by atoms with E-state index in [4.69, 9.17) is 10.8 Å². The van der Waals surface area contributed by atoms with Gasteiger partial charge >= 0.3 is 5.97 Å². The van der Waals surface area contributed by atoms with Gasteiger partial charge in [-0.1, -0.05) is 6.92 Å². The van der Waals surface area contributed by atoms with Gasteiger partial charge in [-0.3, -0.25) is 4.79 Å². The predicted molar refractivity (Wildman–Crippen MR) is 72.3 cm³/mol. The summed E-state index contributed by atoms with van der Waals surface area (Å²) in [7, 11) is 0. The second kappa shape index (κ2) is 4.66. The summed E-state index contributed by atoms with van der Waals surface area (Å²) < 4.78 is 0. The zero-order valence-corrected chi connectivity index (χ0v) is 11.1. The van der Waals surface area contributed by atoms with Crippen molar-refractivity contribution >= 4 is 17.6 Å². The van der Waals surface area contributed by atoms with Crippen LogP contribution in [-0.2, 0) is 11.2 Å². The van der Waals surface area contributed by atoms with E-state index in [9.17, 15) is 9.59 Å². The van der Waals surface area contributed by atoms with E-state index in [1.54, 1.807) is 24.0 Å². The quantitative estimate of drug-likeness (QED) is 0.862. The molecule has 1 aromatic carbocycles. The second-order valence-electron chi connectivity index (χ2n) is 5.13. The minimum absolute atomic E-state index is 0.114. The first kappa shape index (κ1) is 13.5. The number of carboxylic acid groups (broad SMARTS) is 1. The Balaban J connectivity index is 2.33. The van der Waals surface area contributed by atoms with E-state index in [0.717, 1.165) is 11.3 Å². The number of rotatable bonds is 3. The smallest absolute Gasteiger partial charge is 0.335 e. The molecule has 0 spiro atoms. The average molecular weight is 262 g/mol. The second-order valence-corrected chi connectivity index (χ2v) is 5.13. The lowest BCUT2D eigenvalue weighted by Crippen LogP contribution is -2.52. The molecule has 0 radical (unpaired) electrons. The Kier molecular flexibility index (Phi) is 3.32. The molecule has 3 N–H and O–H groups in total. The molecule has 5 nitrogen and oxygen atoms in total. The molecule has 0 saturated carbocycles. The van der Waals surface area contributed by atoms with E-state index in [1.165, 1.54) is 6.07 Å². The van der Waals surface area contributed by atoms with Crippen LogP contribution in [0.1, 0.15) is 36.2 Å². The largest absolute Gasteiger partial charge is 0.478 e. The van der Waals surface area contributed by atoms with Crippen molar-refractivity contribution in [3.8, 4) is 0 Å². The highest BCUT2D eigenvalue weighted by Gasteiger charge is 2.35. The first-order chi connectivity index (χ1) is 8.86. The Morgan fingerprint density at radius 3 is 2.74 bits per heavy atom. The van der Waals surface area contributed by atoms with Crippen LogP contribution in [0.5, 0.6) is 0 Å². The third kappa shape index (κ3) is 2.33. The Morgan fingerprint density at radius 1 is 1.47 bits per heavy atom. The number of amides is 1. The van der Waals surface area contributed by atoms with Gasteiger partial charge < -0.3 is 15.7 Å². The summed E-state index contributed by atoms with van der Waals surface area (Å²) in [5.41, 5.74) is 7.02. The van der Waals surface area contributed by atoms with E-state index < -0.39 is 11.5 Å². The molecule has 5 heteroatoms. The van der Waals surface area contributed by atoms with Gasteiger partial charge in [-0.15, -0.1) is 0 Å². The van der Waals surface area contributed by atoms with Crippen LogP contribution in [0.4, 0.5) is 5.69 Å². The molecular formula is C14H18N2O3. The molecule has 1 amide bonds. The fourth-order valence-electron chi connectivity index (χ4n) is 2.21. The van der Waals surface area contributed by atoms with Gasteiger partial charge in [0.2, 0.25) is 5.91 Å². The molecule has 2 rings (SSSR count). The molecule has 0 fully saturated rings. The van der Waals surface area contributed by atoms with Gasteiger partial charge in [0.05, 0.1) is 11.1 Å². The number of carboxylic acids is 1. The summed E-state index contributed by atoms with van der Waals surface area (Å²) >= 11 is 0. The third-order valence-electron chi connectivity index (χ3n) is 3.69. The summed E-state index contributed by atoms with van der Waals surface area (Å²) in [6, 6.07) is 4.84. The highest BCUT2D eigenvalue weighted by atomic mass is 16.4. The van der Waals surface area contributed by atoms with Crippen LogP contribution in [0.25, 0.3) is 0 Å². The molecule has 0 bridgehead atoms. The molecule has 0 saturated heterocycles. The fraction of sp³-hybridized carbons (Fsp3) is 0.429. The minimum Gasteiger partial charge on any atom is -0.478 e. The van der Waals surface area contributed by atoms with Gasteiger partial charge in [-0.25, -0.2) is 4.79 Å². The van der Waals surface area contributed by atoms with Crippen molar-refractivity contribution in [2.45, 2.75) is 32.2 Å². The van der Waals surface area contributed by atoms with Crippen LogP contribution in [-0.4, -0.2) is 29.1 Å². The Bertz CT molecular complexity index is 537. The molecule has 1 atom stereocenters. The van der Waals surface area contributed by atoms with Crippen molar-refractivity contribution in [1.29, 1.82) is 0 Å². The number of aromatic carboxylic acids is 1. The van der Waals surface area contributed by atoms with Crippen molar-refractivity contribution in [2.24, 2.45) is 5.73 Å². The Morgan fingerprint density at radius 2 is 2.16 bits per heavy atom. The lowest BCUT2D eigenvalue weighted by Gasteiger charge is -2.28. The zero-order valence-electron chi connectivity index (χ0n) is 11.1. The van der Waals surface area contributed by atoms with Crippen molar-refractivity contribution in [1.82, 2.24) is 0 Å². The molecule has 19 heavy (non-hydrogen) atoms. The van der Waals surface area contributed by atoms with Gasteiger partial charge in [0, 0.05) is 12.2 Å². The van der Waals surface area contributed by atoms with Crippen LogP contribution in [0.3, 0.4) is 0 Å². The van der Waals surface area contributed by atoms with Gasteiger partial charge in [0.1, 0.15) is 0 Å². The maximum atomic E-state index is 12.4. The maximum Gasteiger partial charge on any atom is 0.335 e.